The van der Waals surface area contributed by atoms with E-state index in [4.69, 9.17) is 4.74 Å². The van der Waals surface area contributed by atoms with E-state index in [2.05, 4.69) is 15.0 Å². The molecule has 1 aliphatic rings. The minimum atomic E-state index is -3.89. The van der Waals surface area contributed by atoms with Crippen molar-refractivity contribution in [3.8, 4) is 0 Å². The zero-order valence-electron chi connectivity index (χ0n) is 14.7. The summed E-state index contributed by atoms with van der Waals surface area (Å²) in [6.07, 6.45) is 3.34. The molecule has 2 aromatic rings. The molecule has 0 bridgehead atoms. The number of aryl methyl sites for hydroxylation is 2. The number of imidazole rings is 1. The molecule has 0 saturated carbocycles. The van der Waals surface area contributed by atoms with E-state index in [0.29, 0.717) is 19.0 Å². The van der Waals surface area contributed by atoms with Gasteiger partial charge in [-0.1, -0.05) is 12.1 Å². The summed E-state index contributed by atoms with van der Waals surface area (Å²) < 4.78 is 34.7. The molecule has 26 heavy (non-hydrogen) atoms. The topological polar surface area (TPSA) is 102 Å². The van der Waals surface area contributed by atoms with E-state index >= 15 is 0 Å². The summed E-state index contributed by atoms with van der Waals surface area (Å²) in [4.78, 5) is 16.5. The molecule has 1 aromatic carbocycles. The fourth-order valence-electron chi connectivity index (χ4n) is 2.73. The van der Waals surface area contributed by atoms with Crippen LogP contribution in [0.4, 0.5) is 5.69 Å². The second-order valence-electron chi connectivity index (χ2n) is 6.23. The van der Waals surface area contributed by atoms with Crippen LogP contribution < -0.4 is 10.0 Å². The maximum atomic E-state index is 12.6. The van der Waals surface area contributed by atoms with Crippen molar-refractivity contribution < 1.29 is 17.9 Å². The highest BCUT2D eigenvalue weighted by molar-refractivity contribution is 7.92. The third-order valence-corrected chi connectivity index (χ3v) is 5.53. The van der Waals surface area contributed by atoms with Gasteiger partial charge in [0, 0.05) is 26.4 Å². The standard InChI is InChI=1S/C17H22N4O4S/c1-12-19-16(11-21(12)2)26(23,24)20-15-8-4-3-7-14(15)17(22)18-10-13-6-5-9-25-13/h3-4,7-8,11,13,20H,5-6,9-10H2,1-2H3,(H,18,22). The lowest BCUT2D eigenvalue weighted by atomic mass is 10.1. The first-order valence-electron chi connectivity index (χ1n) is 8.38. The summed E-state index contributed by atoms with van der Waals surface area (Å²) >= 11 is 0. The van der Waals surface area contributed by atoms with E-state index in [1.54, 1.807) is 42.8 Å². The van der Waals surface area contributed by atoms with Crippen LogP contribution in [-0.4, -0.2) is 43.1 Å². The van der Waals surface area contributed by atoms with Gasteiger partial charge < -0.3 is 14.6 Å². The first-order chi connectivity index (χ1) is 12.4. The molecule has 1 aromatic heterocycles. The highest BCUT2D eigenvalue weighted by Crippen LogP contribution is 2.20. The Morgan fingerprint density at radius 3 is 2.81 bits per heavy atom. The van der Waals surface area contributed by atoms with E-state index in [9.17, 15) is 13.2 Å². The third-order valence-electron chi connectivity index (χ3n) is 4.29. The number of carbonyl (C=O) groups is 1. The van der Waals surface area contributed by atoms with Gasteiger partial charge in [0.1, 0.15) is 5.82 Å². The number of nitrogens with one attached hydrogen (secondary N) is 2. The van der Waals surface area contributed by atoms with E-state index < -0.39 is 10.0 Å². The molecule has 8 nitrogen and oxygen atoms in total. The lowest BCUT2D eigenvalue weighted by Gasteiger charge is -2.14. The first kappa shape index (κ1) is 18.4. The summed E-state index contributed by atoms with van der Waals surface area (Å²) in [5.41, 5.74) is 0.461. The summed E-state index contributed by atoms with van der Waals surface area (Å²) in [5.74, 6) is 0.226. The fourth-order valence-corrected chi connectivity index (χ4v) is 3.85. The normalized spacial score (nSPS) is 17.2. The molecule has 2 heterocycles. The number of hydrogen-bond donors (Lipinski definition) is 2. The molecule has 3 rings (SSSR count). The van der Waals surface area contributed by atoms with Crippen molar-refractivity contribution in [2.24, 2.45) is 7.05 Å². The van der Waals surface area contributed by atoms with Crippen LogP contribution in [-0.2, 0) is 21.8 Å². The van der Waals surface area contributed by atoms with Crippen molar-refractivity contribution in [1.82, 2.24) is 14.9 Å². The van der Waals surface area contributed by atoms with E-state index in [0.717, 1.165) is 12.8 Å². The number of anilines is 1. The van der Waals surface area contributed by atoms with Crippen molar-refractivity contribution >= 4 is 21.6 Å². The predicted molar refractivity (Wildman–Crippen MR) is 96.5 cm³/mol. The Labute approximate surface area is 152 Å². The molecule has 0 aliphatic carbocycles. The van der Waals surface area contributed by atoms with Crippen molar-refractivity contribution in [2.45, 2.75) is 30.9 Å². The highest BCUT2D eigenvalue weighted by atomic mass is 32.2. The number of para-hydroxylation sites is 1. The lowest BCUT2D eigenvalue weighted by molar-refractivity contribution is 0.0858. The van der Waals surface area contributed by atoms with Gasteiger partial charge in [-0.15, -0.1) is 0 Å². The first-order valence-corrected chi connectivity index (χ1v) is 9.87. The van der Waals surface area contributed by atoms with E-state index in [1.165, 1.54) is 6.20 Å². The maximum Gasteiger partial charge on any atom is 0.280 e. The summed E-state index contributed by atoms with van der Waals surface area (Å²) in [6, 6.07) is 6.47. The largest absolute Gasteiger partial charge is 0.376 e. The lowest BCUT2D eigenvalue weighted by Crippen LogP contribution is -2.32. The van der Waals surface area contributed by atoms with Gasteiger partial charge in [0.25, 0.3) is 15.9 Å². The zero-order valence-corrected chi connectivity index (χ0v) is 15.5. The van der Waals surface area contributed by atoms with Gasteiger partial charge in [-0.05, 0) is 31.9 Å². The van der Waals surface area contributed by atoms with Crippen molar-refractivity contribution in [3.63, 3.8) is 0 Å². The molecule has 1 atom stereocenters. The monoisotopic (exact) mass is 378 g/mol. The molecule has 1 saturated heterocycles. The van der Waals surface area contributed by atoms with Gasteiger partial charge in [0.15, 0.2) is 5.03 Å². The van der Waals surface area contributed by atoms with Gasteiger partial charge in [-0.3, -0.25) is 9.52 Å². The third kappa shape index (κ3) is 4.05. The molecule has 1 fully saturated rings. The average molecular weight is 378 g/mol. The quantitative estimate of drug-likeness (QED) is 0.792. The molecule has 1 unspecified atom stereocenters. The Kier molecular flexibility index (Phi) is 5.28. The van der Waals surface area contributed by atoms with Crippen LogP contribution in [0.5, 0.6) is 0 Å². The van der Waals surface area contributed by atoms with Crippen LogP contribution in [0.2, 0.25) is 0 Å². The average Bonchev–Trinajstić information content (AvgIpc) is 3.23. The number of benzene rings is 1. The number of rotatable bonds is 6. The molecule has 1 aliphatic heterocycles. The van der Waals surface area contributed by atoms with Gasteiger partial charge in [-0.25, -0.2) is 4.98 Å². The second kappa shape index (κ2) is 7.46. The minimum Gasteiger partial charge on any atom is -0.376 e. The number of amides is 1. The summed E-state index contributed by atoms with van der Waals surface area (Å²) in [6.45, 7) is 2.82. The molecule has 1 amide bonds. The Bertz CT molecular complexity index is 882. The van der Waals surface area contributed by atoms with Gasteiger partial charge in [0.05, 0.1) is 17.4 Å². The Morgan fingerprint density at radius 2 is 2.15 bits per heavy atom. The summed E-state index contributed by atoms with van der Waals surface area (Å²) in [7, 11) is -2.17. The number of ether oxygens (including phenoxy) is 1. The van der Waals surface area contributed by atoms with Gasteiger partial charge >= 0.3 is 0 Å². The molecule has 2 N–H and O–H groups in total. The summed E-state index contributed by atoms with van der Waals surface area (Å²) in [5, 5.41) is 2.71. The van der Waals surface area contributed by atoms with Crippen LogP contribution in [0.1, 0.15) is 29.0 Å². The molecular weight excluding hydrogens is 356 g/mol. The Hall–Kier alpha value is -2.39. The predicted octanol–water partition coefficient (Wildman–Crippen LogP) is 1.44. The van der Waals surface area contributed by atoms with Crippen LogP contribution in [0.25, 0.3) is 0 Å². The maximum absolute atomic E-state index is 12.6. The smallest absolute Gasteiger partial charge is 0.280 e. The molecule has 9 heteroatoms. The van der Waals surface area contributed by atoms with Crippen molar-refractivity contribution in [2.75, 3.05) is 17.9 Å². The number of nitrogens with zero attached hydrogens (tertiary/aromatic N) is 2. The van der Waals surface area contributed by atoms with Gasteiger partial charge in [0.2, 0.25) is 0 Å². The number of sulfonamides is 1. The SMILES string of the molecule is Cc1nc(S(=O)(=O)Nc2ccccc2C(=O)NCC2CCCO2)cn1C. The van der Waals surface area contributed by atoms with Crippen molar-refractivity contribution in [3.05, 3.63) is 41.9 Å². The Balaban J connectivity index is 1.76. The van der Waals surface area contributed by atoms with Crippen molar-refractivity contribution in [1.29, 1.82) is 0 Å². The van der Waals surface area contributed by atoms with Crippen LogP contribution in [0, 0.1) is 6.92 Å². The fraction of sp³-hybridized carbons (Fsp3) is 0.412. The molecule has 140 valence electrons. The minimum absolute atomic E-state index is 0.0132. The van der Waals surface area contributed by atoms with E-state index in [1.807, 2.05) is 0 Å². The molecular formula is C17H22N4O4S. The Morgan fingerprint density at radius 1 is 1.38 bits per heavy atom. The number of carbonyl (C=O) groups excluding carboxylic acids is 1. The van der Waals surface area contributed by atoms with E-state index in [-0.39, 0.29) is 28.3 Å². The highest BCUT2D eigenvalue weighted by Gasteiger charge is 2.22. The number of aromatic nitrogens is 2. The van der Waals surface area contributed by atoms with Crippen LogP contribution >= 0.6 is 0 Å². The van der Waals surface area contributed by atoms with Crippen LogP contribution in [0.15, 0.2) is 35.5 Å². The molecule has 0 spiro atoms. The van der Waals surface area contributed by atoms with Gasteiger partial charge in [-0.2, -0.15) is 8.42 Å². The van der Waals surface area contributed by atoms with Crippen LogP contribution in [0.3, 0.4) is 0 Å². The zero-order chi connectivity index (χ0) is 18.7. The number of hydrogen-bond acceptors (Lipinski definition) is 5. The molecule has 0 radical (unpaired) electrons. The second-order valence-corrected chi connectivity index (χ2v) is 7.86.